The van der Waals surface area contributed by atoms with Crippen molar-refractivity contribution in [2.24, 2.45) is 13.0 Å². The van der Waals surface area contributed by atoms with Crippen molar-refractivity contribution in [1.29, 1.82) is 0 Å². The van der Waals surface area contributed by atoms with Crippen LogP contribution in [0, 0.1) is 5.92 Å². The molecule has 3 rings (SSSR count). The van der Waals surface area contributed by atoms with Crippen molar-refractivity contribution in [2.75, 3.05) is 13.1 Å². The SMILES string of the molecule is Cn1c(C=O)nc(-c2ccccc2)c1C(=O)CC1CN(C(=O)OC(C)(C)C)C1. The molecule has 0 saturated carbocycles. The lowest BCUT2D eigenvalue weighted by atomic mass is 9.92. The van der Waals surface area contributed by atoms with Gasteiger partial charge in [0.05, 0.1) is 0 Å². The zero-order chi connectivity index (χ0) is 20.5. The van der Waals surface area contributed by atoms with Crippen LogP contribution in [0.15, 0.2) is 30.3 Å². The Morgan fingerprint density at radius 1 is 1.21 bits per heavy atom. The Bertz CT molecular complexity index is 890. The molecule has 1 aromatic heterocycles. The van der Waals surface area contributed by atoms with Gasteiger partial charge >= 0.3 is 6.09 Å². The predicted molar refractivity (Wildman–Crippen MR) is 104 cm³/mol. The first-order chi connectivity index (χ1) is 13.2. The zero-order valence-corrected chi connectivity index (χ0v) is 16.6. The van der Waals surface area contributed by atoms with Crippen molar-refractivity contribution >= 4 is 18.2 Å². The van der Waals surface area contributed by atoms with Crippen LogP contribution in [0.2, 0.25) is 0 Å². The summed E-state index contributed by atoms with van der Waals surface area (Å²) in [6, 6.07) is 9.34. The maximum atomic E-state index is 13.0. The van der Waals surface area contributed by atoms with Gasteiger partial charge in [0.15, 0.2) is 17.9 Å². The van der Waals surface area contributed by atoms with Crippen molar-refractivity contribution in [2.45, 2.75) is 32.8 Å². The van der Waals surface area contributed by atoms with Crippen molar-refractivity contribution in [1.82, 2.24) is 14.5 Å². The molecule has 2 aromatic rings. The first kappa shape index (κ1) is 19.8. The number of rotatable bonds is 5. The van der Waals surface area contributed by atoms with E-state index in [0.717, 1.165) is 5.56 Å². The van der Waals surface area contributed by atoms with Gasteiger partial charge in [0.2, 0.25) is 0 Å². The van der Waals surface area contributed by atoms with Crippen molar-refractivity contribution in [3.8, 4) is 11.3 Å². The van der Waals surface area contributed by atoms with Gasteiger partial charge in [0.25, 0.3) is 0 Å². The van der Waals surface area contributed by atoms with E-state index in [4.69, 9.17) is 4.74 Å². The number of hydrogen-bond donors (Lipinski definition) is 0. The highest BCUT2D eigenvalue weighted by Crippen LogP contribution is 2.28. The minimum absolute atomic E-state index is 0.0678. The van der Waals surface area contributed by atoms with Crippen molar-refractivity contribution in [3.63, 3.8) is 0 Å². The Balaban J connectivity index is 1.72. The minimum atomic E-state index is -0.539. The molecule has 7 heteroatoms. The van der Waals surface area contributed by atoms with Crippen LogP contribution in [0.25, 0.3) is 11.3 Å². The number of aromatic nitrogens is 2. The molecule has 1 aliphatic heterocycles. The lowest BCUT2D eigenvalue weighted by Crippen LogP contribution is -2.52. The third-order valence-electron chi connectivity index (χ3n) is 4.63. The van der Waals surface area contributed by atoms with Gasteiger partial charge in [-0.15, -0.1) is 0 Å². The van der Waals surface area contributed by atoms with Crippen LogP contribution in [0.3, 0.4) is 0 Å². The number of aldehydes is 1. The van der Waals surface area contributed by atoms with E-state index in [1.54, 1.807) is 16.5 Å². The Labute approximate surface area is 164 Å². The standard InChI is InChI=1S/C21H25N3O4/c1-21(2,3)28-20(27)24-11-14(12-24)10-16(26)19-18(15-8-6-5-7-9-15)22-17(13-25)23(19)4/h5-9,13-14H,10-12H2,1-4H3. The van der Waals surface area contributed by atoms with Crippen molar-refractivity contribution < 1.29 is 19.1 Å². The molecule has 0 aliphatic carbocycles. The van der Waals surface area contributed by atoms with Gasteiger partial charge in [-0.2, -0.15) is 0 Å². The molecular formula is C21H25N3O4. The number of carbonyl (C=O) groups is 3. The third-order valence-corrected chi connectivity index (χ3v) is 4.63. The molecule has 1 aliphatic rings. The molecule has 1 saturated heterocycles. The fourth-order valence-electron chi connectivity index (χ4n) is 3.27. The molecule has 1 fully saturated rings. The molecule has 2 heterocycles. The van der Waals surface area contributed by atoms with Crippen LogP contribution < -0.4 is 0 Å². The van der Waals surface area contributed by atoms with E-state index in [-0.39, 0.29) is 30.0 Å². The van der Waals surface area contributed by atoms with Gasteiger partial charge in [-0.1, -0.05) is 30.3 Å². The van der Waals surface area contributed by atoms with E-state index in [2.05, 4.69) is 4.98 Å². The summed E-state index contributed by atoms with van der Waals surface area (Å²) in [4.78, 5) is 42.3. The summed E-state index contributed by atoms with van der Waals surface area (Å²) in [5, 5.41) is 0. The molecule has 0 atom stereocenters. The van der Waals surface area contributed by atoms with Crippen molar-refractivity contribution in [3.05, 3.63) is 41.9 Å². The summed E-state index contributed by atoms with van der Waals surface area (Å²) in [6.45, 7) is 6.44. The summed E-state index contributed by atoms with van der Waals surface area (Å²) in [7, 11) is 1.67. The van der Waals surface area contributed by atoms with Gasteiger partial charge in [-0.25, -0.2) is 9.78 Å². The molecular weight excluding hydrogens is 358 g/mol. The minimum Gasteiger partial charge on any atom is -0.444 e. The highest BCUT2D eigenvalue weighted by molar-refractivity contribution is 6.01. The largest absolute Gasteiger partial charge is 0.444 e. The Hall–Kier alpha value is -2.96. The van der Waals surface area contributed by atoms with Gasteiger partial charge in [0, 0.05) is 38.0 Å². The number of hydrogen-bond acceptors (Lipinski definition) is 5. The van der Waals surface area contributed by atoms with Crippen LogP contribution >= 0.6 is 0 Å². The van der Waals surface area contributed by atoms with Crippen LogP contribution in [0.1, 0.15) is 48.3 Å². The zero-order valence-electron chi connectivity index (χ0n) is 16.6. The molecule has 148 valence electrons. The molecule has 0 N–H and O–H groups in total. The summed E-state index contributed by atoms with van der Waals surface area (Å²) in [6.07, 6.45) is 0.582. The van der Waals surface area contributed by atoms with E-state index in [0.29, 0.717) is 30.8 Å². The highest BCUT2D eigenvalue weighted by atomic mass is 16.6. The van der Waals surface area contributed by atoms with Gasteiger partial charge in [0.1, 0.15) is 17.0 Å². The number of benzene rings is 1. The lowest BCUT2D eigenvalue weighted by Gasteiger charge is -2.39. The van der Waals surface area contributed by atoms with Gasteiger partial charge < -0.3 is 14.2 Å². The van der Waals surface area contributed by atoms with E-state index < -0.39 is 5.60 Å². The Morgan fingerprint density at radius 2 is 1.86 bits per heavy atom. The highest BCUT2D eigenvalue weighted by Gasteiger charge is 2.36. The molecule has 0 unspecified atom stereocenters. The van der Waals surface area contributed by atoms with E-state index >= 15 is 0 Å². The molecule has 0 bridgehead atoms. The number of nitrogens with zero attached hydrogens (tertiary/aromatic N) is 3. The Kier molecular flexibility index (Phi) is 5.36. The number of carbonyl (C=O) groups excluding carboxylic acids is 3. The molecule has 0 radical (unpaired) electrons. The molecule has 0 spiro atoms. The number of amides is 1. The Morgan fingerprint density at radius 3 is 2.43 bits per heavy atom. The summed E-state index contributed by atoms with van der Waals surface area (Å²) in [5.74, 6) is 0.195. The molecule has 28 heavy (non-hydrogen) atoms. The number of ketones is 1. The molecule has 1 aromatic carbocycles. The maximum absolute atomic E-state index is 13.0. The van der Waals surface area contributed by atoms with Gasteiger partial charge in [-0.05, 0) is 20.8 Å². The van der Waals surface area contributed by atoms with E-state index in [9.17, 15) is 14.4 Å². The van der Waals surface area contributed by atoms with Crippen LogP contribution in [0.4, 0.5) is 4.79 Å². The predicted octanol–water partition coefficient (Wildman–Crippen LogP) is 3.34. The van der Waals surface area contributed by atoms with Crippen LogP contribution in [0.5, 0.6) is 0 Å². The molecule has 1 amide bonds. The van der Waals surface area contributed by atoms with Crippen LogP contribution in [-0.2, 0) is 11.8 Å². The number of likely N-dealkylation sites (tertiary alicyclic amines) is 1. The second-order valence-corrected chi connectivity index (χ2v) is 8.09. The lowest BCUT2D eigenvalue weighted by molar-refractivity contribution is -0.00177. The topological polar surface area (TPSA) is 81.5 Å². The quantitative estimate of drug-likeness (QED) is 0.584. The average Bonchev–Trinajstić information content (AvgIpc) is 2.93. The smallest absolute Gasteiger partial charge is 0.410 e. The summed E-state index contributed by atoms with van der Waals surface area (Å²) < 4.78 is 6.89. The third kappa shape index (κ3) is 4.13. The van der Waals surface area contributed by atoms with E-state index in [1.807, 2.05) is 51.1 Å². The number of Topliss-reactive ketones (excluding diaryl/α,β-unsaturated/α-hetero) is 1. The number of ether oxygens (including phenoxy) is 1. The maximum Gasteiger partial charge on any atom is 0.410 e. The normalized spacial score (nSPS) is 14.5. The van der Waals surface area contributed by atoms with Gasteiger partial charge in [-0.3, -0.25) is 9.59 Å². The average molecular weight is 383 g/mol. The summed E-state index contributed by atoms with van der Waals surface area (Å²) >= 11 is 0. The fraction of sp³-hybridized carbons (Fsp3) is 0.429. The fourth-order valence-corrected chi connectivity index (χ4v) is 3.27. The monoisotopic (exact) mass is 383 g/mol. The number of imidazole rings is 1. The van der Waals surface area contributed by atoms with Crippen LogP contribution in [-0.4, -0.2) is 51.3 Å². The van der Waals surface area contributed by atoms with E-state index in [1.165, 1.54) is 0 Å². The second-order valence-electron chi connectivity index (χ2n) is 8.09. The first-order valence-corrected chi connectivity index (χ1v) is 9.28. The first-order valence-electron chi connectivity index (χ1n) is 9.28. The second kappa shape index (κ2) is 7.58. The summed E-state index contributed by atoms with van der Waals surface area (Å²) in [5.41, 5.74) is 1.18. The molecule has 7 nitrogen and oxygen atoms in total.